The van der Waals surface area contributed by atoms with Gasteiger partial charge in [0.05, 0.1) is 0 Å². The molecule has 0 unspecified atom stereocenters. The average molecular weight is 339 g/mol. The lowest BCUT2D eigenvalue weighted by atomic mass is 10.0. The van der Waals surface area contributed by atoms with Crippen LogP contribution in [0.2, 0.25) is 0 Å². The molecule has 5 nitrogen and oxygen atoms in total. The maximum Gasteiger partial charge on any atom is 0.252 e. The second-order valence-electron chi connectivity index (χ2n) is 6.39. The van der Waals surface area contributed by atoms with Gasteiger partial charge in [0, 0.05) is 45.9 Å². The quantitative estimate of drug-likeness (QED) is 0.878. The monoisotopic (exact) mass is 339 g/mol. The van der Waals surface area contributed by atoms with E-state index in [4.69, 9.17) is 0 Å². The van der Waals surface area contributed by atoms with E-state index in [1.165, 1.54) is 4.90 Å². The first-order valence-corrected chi connectivity index (χ1v) is 8.22. The summed E-state index contributed by atoms with van der Waals surface area (Å²) in [5.41, 5.74) is 2.48. The average Bonchev–Trinajstić information content (AvgIpc) is 2.61. The summed E-state index contributed by atoms with van der Waals surface area (Å²) in [5.74, 6) is -0.374. The van der Waals surface area contributed by atoms with E-state index in [-0.39, 0.29) is 11.8 Å². The Morgan fingerprint density at radius 1 is 0.960 bits per heavy atom. The van der Waals surface area contributed by atoms with Crippen molar-refractivity contribution in [2.75, 3.05) is 33.1 Å². The lowest BCUT2D eigenvalue weighted by molar-refractivity contribution is -0.130. The Morgan fingerprint density at radius 2 is 1.64 bits per heavy atom. The van der Waals surface area contributed by atoms with E-state index < -0.39 is 6.04 Å². The van der Waals surface area contributed by atoms with Crippen molar-refractivity contribution in [3.05, 3.63) is 65.7 Å². The molecule has 2 aromatic carbocycles. The molecule has 1 N–H and O–H groups in total. The highest BCUT2D eigenvalue weighted by Gasteiger charge is 2.23. The molecule has 0 heterocycles. The summed E-state index contributed by atoms with van der Waals surface area (Å²) in [4.78, 5) is 28.6. The Labute approximate surface area is 149 Å². The van der Waals surface area contributed by atoms with Crippen LogP contribution in [0.5, 0.6) is 0 Å². The number of carbonyl (C=O) groups excluding carboxylic acids is 2. The zero-order valence-corrected chi connectivity index (χ0v) is 15.2. The molecule has 0 saturated carbocycles. The van der Waals surface area contributed by atoms with E-state index in [0.717, 1.165) is 11.3 Å². The molecule has 5 heteroatoms. The summed E-state index contributed by atoms with van der Waals surface area (Å²) in [6.45, 7) is 0. The van der Waals surface area contributed by atoms with Crippen LogP contribution in [0.15, 0.2) is 54.6 Å². The SMILES string of the molecule is CN(C)C(=O)[C@H](Cc1ccccc1)NC(=O)c1cccc(N(C)C)c1. The zero-order chi connectivity index (χ0) is 18.4. The van der Waals surface area contributed by atoms with Crippen LogP contribution in [-0.4, -0.2) is 50.9 Å². The molecule has 132 valence electrons. The molecule has 0 aliphatic heterocycles. The molecule has 0 radical (unpaired) electrons. The molecule has 0 aromatic heterocycles. The van der Waals surface area contributed by atoms with Crippen LogP contribution in [0.1, 0.15) is 15.9 Å². The fourth-order valence-corrected chi connectivity index (χ4v) is 2.53. The minimum absolute atomic E-state index is 0.124. The number of hydrogen-bond donors (Lipinski definition) is 1. The maximum absolute atomic E-state index is 12.6. The van der Waals surface area contributed by atoms with Crippen LogP contribution in [-0.2, 0) is 11.2 Å². The van der Waals surface area contributed by atoms with E-state index in [0.29, 0.717) is 12.0 Å². The molecule has 0 spiro atoms. The van der Waals surface area contributed by atoms with Gasteiger partial charge in [0.2, 0.25) is 5.91 Å². The van der Waals surface area contributed by atoms with E-state index in [1.807, 2.05) is 67.5 Å². The van der Waals surface area contributed by atoms with Gasteiger partial charge in [-0.2, -0.15) is 0 Å². The number of amides is 2. The summed E-state index contributed by atoms with van der Waals surface area (Å²) in [6.07, 6.45) is 0.455. The molecule has 0 aliphatic carbocycles. The number of nitrogens with one attached hydrogen (secondary N) is 1. The zero-order valence-electron chi connectivity index (χ0n) is 15.2. The Hall–Kier alpha value is -2.82. The van der Waals surface area contributed by atoms with E-state index in [9.17, 15) is 9.59 Å². The minimum Gasteiger partial charge on any atom is -0.378 e. The van der Waals surface area contributed by atoms with E-state index >= 15 is 0 Å². The van der Waals surface area contributed by atoms with Crippen LogP contribution in [0.3, 0.4) is 0 Å². The minimum atomic E-state index is -0.604. The van der Waals surface area contributed by atoms with Gasteiger partial charge in [0.1, 0.15) is 6.04 Å². The van der Waals surface area contributed by atoms with Gasteiger partial charge in [-0.15, -0.1) is 0 Å². The van der Waals surface area contributed by atoms with Gasteiger partial charge < -0.3 is 15.1 Å². The Balaban J connectivity index is 2.19. The van der Waals surface area contributed by atoms with Gasteiger partial charge in [0.15, 0.2) is 0 Å². The Kier molecular flexibility index (Phi) is 6.17. The van der Waals surface area contributed by atoms with Crippen molar-refractivity contribution >= 4 is 17.5 Å². The fraction of sp³-hybridized carbons (Fsp3) is 0.300. The highest BCUT2D eigenvalue weighted by Crippen LogP contribution is 2.14. The summed E-state index contributed by atoms with van der Waals surface area (Å²) >= 11 is 0. The van der Waals surface area contributed by atoms with Crippen LogP contribution in [0.4, 0.5) is 5.69 Å². The van der Waals surface area contributed by atoms with Crippen LogP contribution in [0.25, 0.3) is 0 Å². The summed E-state index contributed by atoms with van der Waals surface area (Å²) in [5, 5.41) is 2.88. The van der Waals surface area contributed by atoms with Crippen molar-refractivity contribution in [3.63, 3.8) is 0 Å². The normalized spacial score (nSPS) is 11.5. The van der Waals surface area contributed by atoms with Crippen LogP contribution < -0.4 is 10.2 Å². The van der Waals surface area contributed by atoms with Crippen LogP contribution in [0, 0.1) is 0 Å². The number of hydrogen-bond acceptors (Lipinski definition) is 3. The molecule has 2 aromatic rings. The number of nitrogens with zero attached hydrogens (tertiary/aromatic N) is 2. The van der Waals surface area contributed by atoms with E-state index in [1.54, 1.807) is 20.2 Å². The first-order valence-electron chi connectivity index (χ1n) is 8.22. The third kappa shape index (κ3) is 5.08. The Bertz CT molecular complexity index is 727. The third-order valence-corrected chi connectivity index (χ3v) is 3.95. The third-order valence-electron chi connectivity index (χ3n) is 3.95. The maximum atomic E-state index is 12.6. The van der Waals surface area contributed by atoms with Crippen molar-refractivity contribution in [1.82, 2.24) is 10.2 Å². The number of carbonyl (C=O) groups is 2. The largest absolute Gasteiger partial charge is 0.378 e. The van der Waals surface area contributed by atoms with Crippen molar-refractivity contribution in [2.24, 2.45) is 0 Å². The van der Waals surface area contributed by atoms with Crippen molar-refractivity contribution < 1.29 is 9.59 Å². The highest BCUT2D eigenvalue weighted by molar-refractivity contribution is 5.98. The van der Waals surface area contributed by atoms with E-state index in [2.05, 4.69) is 5.32 Å². The second-order valence-corrected chi connectivity index (χ2v) is 6.39. The lowest BCUT2D eigenvalue weighted by Crippen LogP contribution is -2.47. The number of likely N-dealkylation sites (N-methyl/N-ethyl adjacent to an activating group) is 1. The molecule has 0 bridgehead atoms. The van der Waals surface area contributed by atoms with Gasteiger partial charge in [-0.25, -0.2) is 0 Å². The Morgan fingerprint density at radius 3 is 2.24 bits per heavy atom. The van der Waals surface area contributed by atoms with Gasteiger partial charge in [-0.1, -0.05) is 36.4 Å². The van der Waals surface area contributed by atoms with Gasteiger partial charge >= 0.3 is 0 Å². The standard InChI is InChI=1S/C20H25N3O2/c1-22(2)17-12-8-11-16(14-17)19(24)21-18(20(25)23(3)4)13-15-9-6-5-7-10-15/h5-12,14,18H,13H2,1-4H3,(H,21,24)/t18-/m0/s1. The summed E-state index contributed by atoms with van der Waals surface area (Å²) in [7, 11) is 7.23. The first kappa shape index (κ1) is 18.5. The summed E-state index contributed by atoms with van der Waals surface area (Å²) in [6, 6.07) is 16.4. The highest BCUT2D eigenvalue weighted by atomic mass is 16.2. The topological polar surface area (TPSA) is 52.7 Å². The predicted octanol–water partition coefficient (Wildman–Crippen LogP) is 2.18. The molecular weight excluding hydrogens is 314 g/mol. The number of benzene rings is 2. The molecular formula is C20H25N3O2. The number of anilines is 1. The molecule has 0 fully saturated rings. The van der Waals surface area contributed by atoms with Gasteiger partial charge in [-0.05, 0) is 23.8 Å². The molecule has 1 atom stereocenters. The van der Waals surface area contributed by atoms with Gasteiger partial charge in [-0.3, -0.25) is 9.59 Å². The molecule has 2 rings (SSSR count). The molecule has 0 aliphatic rings. The number of rotatable bonds is 6. The van der Waals surface area contributed by atoms with Crippen molar-refractivity contribution in [3.8, 4) is 0 Å². The predicted molar refractivity (Wildman–Crippen MR) is 101 cm³/mol. The van der Waals surface area contributed by atoms with Crippen molar-refractivity contribution in [2.45, 2.75) is 12.5 Å². The lowest BCUT2D eigenvalue weighted by Gasteiger charge is -2.22. The fourth-order valence-electron chi connectivity index (χ4n) is 2.53. The first-order chi connectivity index (χ1) is 11.9. The van der Waals surface area contributed by atoms with Gasteiger partial charge in [0.25, 0.3) is 5.91 Å². The van der Waals surface area contributed by atoms with Crippen LogP contribution >= 0.6 is 0 Å². The molecule has 25 heavy (non-hydrogen) atoms. The summed E-state index contributed by atoms with van der Waals surface area (Å²) < 4.78 is 0. The molecule has 2 amide bonds. The second kappa shape index (κ2) is 8.33. The van der Waals surface area contributed by atoms with Crippen molar-refractivity contribution in [1.29, 1.82) is 0 Å². The smallest absolute Gasteiger partial charge is 0.252 e. The molecule has 0 saturated heterocycles.